The molecular formula is C12H14F2O2. The van der Waals surface area contributed by atoms with Gasteiger partial charge in [0.2, 0.25) is 0 Å². The number of rotatable bonds is 1. The van der Waals surface area contributed by atoms with Gasteiger partial charge < -0.3 is 9.84 Å². The van der Waals surface area contributed by atoms with Crippen LogP contribution < -0.4 is 0 Å². The van der Waals surface area contributed by atoms with Gasteiger partial charge >= 0.3 is 0 Å². The lowest BCUT2D eigenvalue weighted by Crippen LogP contribution is -2.37. The number of ether oxygens (including phenoxy) is 1. The number of hydrogen-bond acceptors (Lipinski definition) is 2. The molecule has 1 heterocycles. The molecule has 4 heteroatoms. The van der Waals surface area contributed by atoms with Crippen LogP contribution in [0.3, 0.4) is 0 Å². The minimum atomic E-state index is -0.941. The highest BCUT2D eigenvalue weighted by Gasteiger charge is 2.36. The maximum Gasteiger partial charge on any atom is 0.164 e. The molecule has 2 nitrogen and oxygen atoms in total. The molecule has 1 fully saturated rings. The lowest BCUT2D eigenvalue weighted by Gasteiger charge is -2.37. The van der Waals surface area contributed by atoms with Crippen molar-refractivity contribution in [1.29, 1.82) is 0 Å². The van der Waals surface area contributed by atoms with Gasteiger partial charge in [0.1, 0.15) is 0 Å². The first-order valence-corrected chi connectivity index (χ1v) is 5.29. The van der Waals surface area contributed by atoms with Gasteiger partial charge in [0.15, 0.2) is 11.6 Å². The maximum absolute atomic E-state index is 13.6. The molecule has 1 saturated heterocycles. The molecule has 2 rings (SSSR count). The summed E-state index contributed by atoms with van der Waals surface area (Å²) in [7, 11) is 0. The van der Waals surface area contributed by atoms with Crippen molar-refractivity contribution in [1.82, 2.24) is 0 Å². The SMILES string of the molecule is CC1(c2cccc(F)c2F)CC(O)CCO1. The zero-order valence-electron chi connectivity index (χ0n) is 9.04. The third-order valence-electron chi connectivity index (χ3n) is 3.02. The van der Waals surface area contributed by atoms with E-state index < -0.39 is 23.3 Å². The van der Waals surface area contributed by atoms with Crippen LogP contribution in [0.1, 0.15) is 25.3 Å². The van der Waals surface area contributed by atoms with E-state index in [-0.39, 0.29) is 12.0 Å². The fourth-order valence-corrected chi connectivity index (χ4v) is 2.13. The summed E-state index contributed by atoms with van der Waals surface area (Å²) in [4.78, 5) is 0. The van der Waals surface area contributed by atoms with Crippen LogP contribution in [0.15, 0.2) is 18.2 Å². The molecule has 1 aromatic rings. The van der Waals surface area contributed by atoms with Crippen LogP contribution >= 0.6 is 0 Å². The van der Waals surface area contributed by atoms with Crippen molar-refractivity contribution in [2.24, 2.45) is 0 Å². The first-order chi connectivity index (χ1) is 7.53. The first-order valence-electron chi connectivity index (χ1n) is 5.29. The smallest absolute Gasteiger partial charge is 0.164 e. The fraction of sp³-hybridized carbons (Fsp3) is 0.500. The Hall–Kier alpha value is -1.00. The molecule has 16 heavy (non-hydrogen) atoms. The Balaban J connectivity index is 2.38. The molecule has 2 unspecified atom stereocenters. The number of aliphatic hydroxyl groups excluding tert-OH is 1. The zero-order chi connectivity index (χ0) is 11.8. The second-order valence-electron chi connectivity index (χ2n) is 4.33. The van der Waals surface area contributed by atoms with E-state index in [0.29, 0.717) is 13.0 Å². The van der Waals surface area contributed by atoms with E-state index in [1.807, 2.05) is 0 Å². The van der Waals surface area contributed by atoms with E-state index in [9.17, 15) is 13.9 Å². The van der Waals surface area contributed by atoms with E-state index in [4.69, 9.17) is 4.74 Å². The quantitative estimate of drug-likeness (QED) is 0.799. The molecule has 1 aliphatic rings. The summed E-state index contributed by atoms with van der Waals surface area (Å²) in [6, 6.07) is 4.02. The molecule has 1 aromatic carbocycles. The topological polar surface area (TPSA) is 29.5 Å². The van der Waals surface area contributed by atoms with Crippen molar-refractivity contribution >= 4 is 0 Å². The Morgan fingerprint density at radius 3 is 2.88 bits per heavy atom. The van der Waals surface area contributed by atoms with Crippen molar-refractivity contribution in [3.05, 3.63) is 35.4 Å². The third-order valence-corrected chi connectivity index (χ3v) is 3.02. The lowest BCUT2D eigenvalue weighted by atomic mass is 9.86. The Labute approximate surface area is 92.9 Å². The van der Waals surface area contributed by atoms with Crippen molar-refractivity contribution in [3.8, 4) is 0 Å². The standard InChI is InChI=1S/C12H14F2O2/c1-12(7-8(15)5-6-16-12)9-3-2-4-10(13)11(9)14/h2-4,8,15H,5-7H2,1H3. The van der Waals surface area contributed by atoms with Crippen LogP contribution in [0.25, 0.3) is 0 Å². The van der Waals surface area contributed by atoms with Gasteiger partial charge in [-0.25, -0.2) is 8.78 Å². The van der Waals surface area contributed by atoms with E-state index >= 15 is 0 Å². The fourth-order valence-electron chi connectivity index (χ4n) is 2.13. The number of halogens is 2. The first kappa shape index (κ1) is 11.5. The predicted octanol–water partition coefficient (Wildman–Crippen LogP) is 2.35. The molecule has 0 aliphatic carbocycles. The monoisotopic (exact) mass is 228 g/mol. The summed E-state index contributed by atoms with van der Waals surface area (Å²) >= 11 is 0. The van der Waals surface area contributed by atoms with Crippen molar-refractivity contribution in [2.45, 2.75) is 31.5 Å². The van der Waals surface area contributed by atoms with Gasteiger partial charge in [0.25, 0.3) is 0 Å². The van der Waals surface area contributed by atoms with E-state index in [2.05, 4.69) is 0 Å². The molecule has 88 valence electrons. The van der Waals surface area contributed by atoms with Crippen LogP contribution in [-0.2, 0) is 10.3 Å². The van der Waals surface area contributed by atoms with Crippen molar-refractivity contribution < 1.29 is 18.6 Å². The zero-order valence-corrected chi connectivity index (χ0v) is 9.04. The van der Waals surface area contributed by atoms with Gasteiger partial charge in [-0.1, -0.05) is 12.1 Å². The van der Waals surface area contributed by atoms with Gasteiger partial charge in [0.05, 0.1) is 18.3 Å². The summed E-state index contributed by atoms with van der Waals surface area (Å²) in [5, 5.41) is 9.57. The van der Waals surface area contributed by atoms with Crippen LogP contribution in [-0.4, -0.2) is 17.8 Å². The number of aliphatic hydroxyl groups is 1. The average molecular weight is 228 g/mol. The third kappa shape index (κ3) is 1.95. The maximum atomic E-state index is 13.6. The Morgan fingerprint density at radius 1 is 1.44 bits per heavy atom. The van der Waals surface area contributed by atoms with E-state index in [1.165, 1.54) is 12.1 Å². The molecule has 1 N–H and O–H groups in total. The predicted molar refractivity (Wildman–Crippen MR) is 54.9 cm³/mol. The molecule has 2 atom stereocenters. The molecule has 1 aliphatic heterocycles. The summed E-state index contributed by atoms with van der Waals surface area (Å²) in [6.07, 6.45) is 0.293. The largest absolute Gasteiger partial charge is 0.393 e. The van der Waals surface area contributed by atoms with Gasteiger partial charge in [-0.05, 0) is 19.4 Å². The van der Waals surface area contributed by atoms with E-state index in [0.717, 1.165) is 6.07 Å². The van der Waals surface area contributed by atoms with Crippen molar-refractivity contribution in [2.75, 3.05) is 6.61 Å². The molecule has 0 spiro atoms. The van der Waals surface area contributed by atoms with Crippen LogP contribution in [0.5, 0.6) is 0 Å². The normalized spacial score (nSPS) is 30.4. The van der Waals surface area contributed by atoms with Gasteiger partial charge in [-0.15, -0.1) is 0 Å². The van der Waals surface area contributed by atoms with Gasteiger partial charge in [-0.3, -0.25) is 0 Å². The second-order valence-corrected chi connectivity index (χ2v) is 4.33. The molecule has 0 bridgehead atoms. The highest BCUT2D eigenvalue weighted by Crippen LogP contribution is 2.36. The minimum Gasteiger partial charge on any atom is -0.393 e. The number of benzene rings is 1. The molecule has 0 aromatic heterocycles. The summed E-state index contributed by atoms with van der Waals surface area (Å²) in [5.41, 5.74) is -0.768. The molecule has 0 amide bonds. The Morgan fingerprint density at radius 2 is 2.19 bits per heavy atom. The van der Waals surface area contributed by atoms with Crippen LogP contribution in [0.2, 0.25) is 0 Å². The van der Waals surface area contributed by atoms with Crippen molar-refractivity contribution in [3.63, 3.8) is 0 Å². The Kier molecular flexibility index (Phi) is 2.95. The summed E-state index contributed by atoms with van der Waals surface area (Å²) < 4.78 is 32.2. The van der Waals surface area contributed by atoms with E-state index in [1.54, 1.807) is 6.92 Å². The lowest BCUT2D eigenvalue weighted by molar-refractivity contribution is -0.114. The van der Waals surface area contributed by atoms with Crippen LogP contribution in [0, 0.1) is 11.6 Å². The summed E-state index contributed by atoms with van der Waals surface area (Å²) in [6.45, 7) is 2.03. The Bertz CT molecular complexity index is 395. The molecule has 0 radical (unpaired) electrons. The second kappa shape index (κ2) is 4.11. The molecule has 0 saturated carbocycles. The summed E-state index contributed by atoms with van der Waals surface area (Å²) in [5.74, 6) is -1.78. The highest BCUT2D eigenvalue weighted by molar-refractivity contribution is 5.25. The van der Waals surface area contributed by atoms with Crippen LogP contribution in [0.4, 0.5) is 8.78 Å². The number of hydrogen-bond donors (Lipinski definition) is 1. The van der Waals surface area contributed by atoms with Gasteiger partial charge in [0, 0.05) is 12.0 Å². The minimum absolute atomic E-state index is 0.172. The average Bonchev–Trinajstić information content (AvgIpc) is 2.21. The highest BCUT2D eigenvalue weighted by atomic mass is 19.2. The molecular weight excluding hydrogens is 214 g/mol. The van der Waals surface area contributed by atoms with Gasteiger partial charge in [-0.2, -0.15) is 0 Å².